The smallest absolute Gasteiger partial charge is 0.141 e. The first kappa shape index (κ1) is 15.5. The molecule has 0 aliphatic heterocycles. The second-order valence-corrected chi connectivity index (χ2v) is 5.16. The Labute approximate surface area is 140 Å². The van der Waals surface area contributed by atoms with Gasteiger partial charge in [-0.25, -0.2) is 0 Å². The topological polar surface area (TPSA) is 65.2 Å². The van der Waals surface area contributed by atoms with Crippen molar-refractivity contribution in [2.24, 2.45) is 9.98 Å². The van der Waals surface area contributed by atoms with Crippen LogP contribution in [0.3, 0.4) is 0 Å². The lowest BCUT2D eigenvalue weighted by atomic mass is 10.1. The highest BCUT2D eigenvalue weighted by Crippen LogP contribution is 2.25. The molecular formula is C20H16N2O2. The van der Waals surface area contributed by atoms with Gasteiger partial charge in [-0.15, -0.1) is 0 Å². The van der Waals surface area contributed by atoms with Crippen molar-refractivity contribution in [1.29, 1.82) is 0 Å². The van der Waals surface area contributed by atoms with Gasteiger partial charge in [0.15, 0.2) is 0 Å². The second kappa shape index (κ2) is 7.24. The Morgan fingerprint density at radius 3 is 1.29 bits per heavy atom. The van der Waals surface area contributed by atoms with E-state index in [2.05, 4.69) is 9.98 Å². The molecule has 4 nitrogen and oxygen atoms in total. The van der Waals surface area contributed by atoms with Crippen molar-refractivity contribution in [3.05, 3.63) is 83.9 Å². The lowest BCUT2D eigenvalue weighted by molar-refractivity contribution is 0.476. The molecule has 0 aliphatic carbocycles. The quantitative estimate of drug-likeness (QED) is 0.691. The van der Waals surface area contributed by atoms with Gasteiger partial charge < -0.3 is 10.2 Å². The summed E-state index contributed by atoms with van der Waals surface area (Å²) in [4.78, 5) is 8.54. The van der Waals surface area contributed by atoms with E-state index in [4.69, 9.17) is 0 Å². The average Bonchev–Trinajstić information content (AvgIpc) is 2.61. The van der Waals surface area contributed by atoms with E-state index < -0.39 is 0 Å². The van der Waals surface area contributed by atoms with Crippen LogP contribution in [0.2, 0.25) is 0 Å². The zero-order valence-corrected chi connectivity index (χ0v) is 12.9. The Hall–Kier alpha value is -3.40. The van der Waals surface area contributed by atoms with E-state index in [1.165, 1.54) is 0 Å². The molecule has 0 heterocycles. The van der Waals surface area contributed by atoms with E-state index in [1.54, 1.807) is 48.8 Å². The molecule has 118 valence electrons. The molecule has 4 heteroatoms. The van der Waals surface area contributed by atoms with Gasteiger partial charge in [-0.2, -0.15) is 0 Å². The zero-order chi connectivity index (χ0) is 16.8. The lowest BCUT2D eigenvalue weighted by Gasteiger charge is -1.99. The first-order chi connectivity index (χ1) is 11.7. The van der Waals surface area contributed by atoms with Crippen molar-refractivity contribution in [1.82, 2.24) is 0 Å². The van der Waals surface area contributed by atoms with Crippen LogP contribution in [0.1, 0.15) is 11.1 Å². The van der Waals surface area contributed by atoms with E-state index in [0.29, 0.717) is 11.4 Å². The van der Waals surface area contributed by atoms with Crippen molar-refractivity contribution in [2.45, 2.75) is 0 Å². The molecule has 0 fully saturated rings. The molecule has 3 rings (SSSR count). The highest BCUT2D eigenvalue weighted by molar-refractivity contribution is 5.86. The Balaban J connectivity index is 1.72. The van der Waals surface area contributed by atoms with Gasteiger partial charge in [-0.05, 0) is 35.4 Å². The van der Waals surface area contributed by atoms with Gasteiger partial charge in [0.05, 0.1) is 0 Å². The number of phenolic OH excluding ortho intramolecular Hbond substituents is 2. The van der Waals surface area contributed by atoms with Crippen LogP contribution in [-0.2, 0) is 0 Å². The molecule has 0 radical (unpaired) electrons. The molecule has 0 amide bonds. The molecule has 0 bridgehead atoms. The van der Waals surface area contributed by atoms with Crippen LogP contribution in [0.5, 0.6) is 11.5 Å². The lowest BCUT2D eigenvalue weighted by Crippen LogP contribution is -1.84. The van der Waals surface area contributed by atoms with Gasteiger partial charge in [0.1, 0.15) is 22.9 Å². The van der Waals surface area contributed by atoms with Crippen LogP contribution in [0, 0.1) is 0 Å². The van der Waals surface area contributed by atoms with Crippen molar-refractivity contribution < 1.29 is 10.2 Å². The number of aromatic hydroxyl groups is 2. The molecule has 0 aromatic heterocycles. The van der Waals surface area contributed by atoms with Crippen LogP contribution in [-0.4, -0.2) is 22.6 Å². The predicted molar refractivity (Wildman–Crippen MR) is 97.2 cm³/mol. The van der Waals surface area contributed by atoms with Crippen LogP contribution < -0.4 is 0 Å². The summed E-state index contributed by atoms with van der Waals surface area (Å²) in [6.07, 6.45) is 3.39. The van der Waals surface area contributed by atoms with Gasteiger partial charge in [0.2, 0.25) is 0 Å². The Bertz CT molecular complexity index is 810. The molecule has 0 atom stereocenters. The SMILES string of the molecule is Oc1ccccc1/N=C/c1ccc(/C=N/c2ccccc2O)cc1. The number of hydrogen-bond acceptors (Lipinski definition) is 4. The summed E-state index contributed by atoms with van der Waals surface area (Å²) >= 11 is 0. The number of rotatable bonds is 4. The van der Waals surface area contributed by atoms with Gasteiger partial charge in [-0.1, -0.05) is 48.5 Å². The van der Waals surface area contributed by atoms with Crippen molar-refractivity contribution >= 4 is 23.8 Å². The molecule has 0 aliphatic rings. The fraction of sp³-hybridized carbons (Fsp3) is 0. The van der Waals surface area contributed by atoms with Crippen molar-refractivity contribution in [2.75, 3.05) is 0 Å². The summed E-state index contributed by atoms with van der Waals surface area (Å²) in [5, 5.41) is 19.4. The number of aliphatic imine (C=N–C) groups is 2. The van der Waals surface area contributed by atoms with Crippen molar-refractivity contribution in [3.8, 4) is 11.5 Å². The molecule has 0 saturated heterocycles. The minimum absolute atomic E-state index is 0.153. The number of hydrogen-bond donors (Lipinski definition) is 2. The summed E-state index contributed by atoms with van der Waals surface area (Å²) in [6.45, 7) is 0. The maximum absolute atomic E-state index is 9.68. The molecule has 2 N–H and O–H groups in total. The number of para-hydroxylation sites is 4. The molecular weight excluding hydrogens is 300 g/mol. The number of benzene rings is 3. The minimum atomic E-state index is 0.153. The maximum Gasteiger partial charge on any atom is 0.141 e. The molecule has 0 saturated carbocycles. The van der Waals surface area contributed by atoms with Gasteiger partial charge in [0, 0.05) is 12.4 Å². The van der Waals surface area contributed by atoms with Crippen LogP contribution >= 0.6 is 0 Å². The summed E-state index contributed by atoms with van der Waals surface area (Å²) in [7, 11) is 0. The Morgan fingerprint density at radius 1 is 0.542 bits per heavy atom. The van der Waals surface area contributed by atoms with Crippen molar-refractivity contribution in [3.63, 3.8) is 0 Å². The maximum atomic E-state index is 9.68. The van der Waals surface area contributed by atoms with Crippen LogP contribution in [0.25, 0.3) is 0 Å². The first-order valence-corrected chi connectivity index (χ1v) is 7.46. The van der Waals surface area contributed by atoms with Gasteiger partial charge >= 0.3 is 0 Å². The Morgan fingerprint density at radius 2 is 0.917 bits per heavy atom. The molecule has 3 aromatic carbocycles. The Kier molecular flexibility index (Phi) is 4.68. The van der Waals surface area contributed by atoms with Gasteiger partial charge in [0.25, 0.3) is 0 Å². The molecule has 3 aromatic rings. The number of nitrogens with zero attached hydrogens (tertiary/aromatic N) is 2. The number of phenols is 2. The van der Waals surface area contributed by atoms with E-state index >= 15 is 0 Å². The zero-order valence-electron chi connectivity index (χ0n) is 12.9. The van der Waals surface area contributed by atoms with E-state index in [1.807, 2.05) is 36.4 Å². The minimum Gasteiger partial charge on any atom is -0.506 e. The second-order valence-electron chi connectivity index (χ2n) is 5.16. The molecule has 0 unspecified atom stereocenters. The molecule has 24 heavy (non-hydrogen) atoms. The summed E-state index contributed by atoms with van der Waals surface area (Å²) in [5.74, 6) is 0.306. The summed E-state index contributed by atoms with van der Waals surface area (Å²) < 4.78 is 0. The first-order valence-electron chi connectivity index (χ1n) is 7.46. The standard InChI is InChI=1S/C20H16N2O2/c23-19-7-3-1-5-17(19)21-13-15-9-11-16(12-10-15)14-22-18-6-2-4-8-20(18)24/h1-14,23-24H/b21-13+,22-14+. The highest BCUT2D eigenvalue weighted by atomic mass is 16.3. The molecule has 0 spiro atoms. The fourth-order valence-corrected chi connectivity index (χ4v) is 2.10. The third-order valence-electron chi connectivity index (χ3n) is 3.41. The monoisotopic (exact) mass is 316 g/mol. The summed E-state index contributed by atoms with van der Waals surface area (Å²) in [6, 6.07) is 21.5. The fourth-order valence-electron chi connectivity index (χ4n) is 2.10. The van der Waals surface area contributed by atoms with Gasteiger partial charge in [-0.3, -0.25) is 9.98 Å². The highest BCUT2D eigenvalue weighted by Gasteiger charge is 1.97. The largest absolute Gasteiger partial charge is 0.506 e. The van der Waals surface area contributed by atoms with E-state index in [-0.39, 0.29) is 11.5 Å². The normalized spacial score (nSPS) is 11.3. The van der Waals surface area contributed by atoms with E-state index in [0.717, 1.165) is 11.1 Å². The third kappa shape index (κ3) is 3.87. The van der Waals surface area contributed by atoms with E-state index in [9.17, 15) is 10.2 Å². The predicted octanol–water partition coefficient (Wildman–Crippen LogP) is 4.60. The average molecular weight is 316 g/mol. The van der Waals surface area contributed by atoms with Crippen LogP contribution in [0.4, 0.5) is 11.4 Å². The van der Waals surface area contributed by atoms with Crippen LogP contribution in [0.15, 0.2) is 82.8 Å². The third-order valence-corrected chi connectivity index (χ3v) is 3.41. The summed E-state index contributed by atoms with van der Waals surface area (Å²) in [5.41, 5.74) is 2.89.